The van der Waals surface area contributed by atoms with Crippen LogP contribution >= 0.6 is 0 Å². The smallest absolute Gasteiger partial charge is 0.130 e. The highest BCUT2D eigenvalue weighted by molar-refractivity contribution is 5.70. The Hall–Kier alpha value is -2.67. The van der Waals surface area contributed by atoms with Crippen LogP contribution in [-0.4, -0.2) is 0 Å². The Morgan fingerprint density at radius 2 is 1.46 bits per heavy atom. The summed E-state index contributed by atoms with van der Waals surface area (Å²) in [4.78, 5) is 0. The number of hydrogen-bond acceptors (Lipinski definition) is 0. The molecule has 1 atom stereocenters. The van der Waals surface area contributed by atoms with E-state index in [0.29, 0.717) is 11.5 Å². The summed E-state index contributed by atoms with van der Waals surface area (Å²) in [6, 6.07) is 24.9. The zero-order valence-electron chi connectivity index (χ0n) is 21.6. The van der Waals surface area contributed by atoms with E-state index in [0.717, 1.165) is 29.4 Å². The van der Waals surface area contributed by atoms with Gasteiger partial charge in [-0.25, -0.2) is 4.39 Å². The molecule has 1 fully saturated rings. The second-order valence-electron chi connectivity index (χ2n) is 10.7. The van der Waals surface area contributed by atoms with Crippen molar-refractivity contribution in [3.05, 3.63) is 106 Å². The van der Waals surface area contributed by atoms with Crippen LogP contribution in [-0.2, 0) is 12.8 Å². The van der Waals surface area contributed by atoms with E-state index in [1.54, 1.807) is 6.07 Å². The lowest BCUT2D eigenvalue weighted by atomic mass is 9.78. The van der Waals surface area contributed by atoms with Crippen molar-refractivity contribution >= 4 is 12.2 Å². The van der Waals surface area contributed by atoms with Gasteiger partial charge in [0.1, 0.15) is 5.82 Å². The van der Waals surface area contributed by atoms with E-state index in [2.05, 4.69) is 68.4 Å². The molecule has 3 aromatic rings. The number of hydrogen-bond donors (Lipinski definition) is 0. The van der Waals surface area contributed by atoms with Crippen LogP contribution in [0.25, 0.3) is 12.2 Å². The van der Waals surface area contributed by atoms with Gasteiger partial charge in [-0.15, -0.1) is 0 Å². The van der Waals surface area contributed by atoms with Crippen molar-refractivity contribution in [1.29, 1.82) is 0 Å². The summed E-state index contributed by atoms with van der Waals surface area (Å²) in [5, 5.41) is 0. The molecule has 0 spiro atoms. The molecule has 184 valence electrons. The molecule has 0 saturated heterocycles. The normalized spacial score (nSPS) is 19.2. The molecule has 3 aromatic carbocycles. The molecule has 0 heterocycles. The molecule has 0 N–H and O–H groups in total. The minimum Gasteiger partial charge on any atom is -0.206 e. The van der Waals surface area contributed by atoms with E-state index < -0.39 is 0 Å². The van der Waals surface area contributed by atoms with Gasteiger partial charge in [0, 0.05) is 5.56 Å². The van der Waals surface area contributed by atoms with Gasteiger partial charge in [-0.05, 0) is 65.3 Å². The third-order valence-corrected chi connectivity index (χ3v) is 7.91. The van der Waals surface area contributed by atoms with Crippen LogP contribution in [0.4, 0.5) is 4.39 Å². The summed E-state index contributed by atoms with van der Waals surface area (Å²) in [6.45, 7) is 4.51. The van der Waals surface area contributed by atoms with Crippen LogP contribution in [0.5, 0.6) is 0 Å². The maximum atomic E-state index is 14.8. The molecule has 35 heavy (non-hydrogen) atoms. The Labute approximate surface area is 212 Å². The molecule has 1 aliphatic rings. The zero-order valence-corrected chi connectivity index (χ0v) is 21.6. The molecular weight excluding hydrogens is 427 g/mol. The molecule has 0 radical (unpaired) electrons. The number of benzene rings is 3. The third kappa shape index (κ3) is 7.66. The SMILES string of the molecule is CCCC1CCC(CCc2ccc(C=Cc3ccc(C[C@H](C)c4ccccc4)cc3F)cc2)CC1. The number of aryl methyl sites for hydroxylation is 1. The molecule has 1 aliphatic carbocycles. The van der Waals surface area contributed by atoms with Crippen LogP contribution in [0.1, 0.15) is 92.5 Å². The van der Waals surface area contributed by atoms with Crippen LogP contribution < -0.4 is 0 Å². The van der Waals surface area contributed by atoms with Crippen molar-refractivity contribution in [3.63, 3.8) is 0 Å². The first-order valence-corrected chi connectivity index (χ1v) is 13.7. The monoisotopic (exact) mass is 468 g/mol. The molecular formula is C34H41F. The van der Waals surface area contributed by atoms with Crippen LogP contribution in [0.15, 0.2) is 72.8 Å². The largest absolute Gasteiger partial charge is 0.206 e. The maximum absolute atomic E-state index is 14.8. The van der Waals surface area contributed by atoms with Crippen molar-refractivity contribution < 1.29 is 4.39 Å². The molecule has 0 nitrogen and oxygen atoms in total. The van der Waals surface area contributed by atoms with E-state index >= 15 is 0 Å². The summed E-state index contributed by atoms with van der Waals surface area (Å²) in [7, 11) is 0. The topological polar surface area (TPSA) is 0 Å². The molecule has 0 unspecified atom stereocenters. The summed E-state index contributed by atoms with van der Waals surface area (Å²) in [5.41, 5.74) is 5.51. The molecule has 0 bridgehead atoms. The summed E-state index contributed by atoms with van der Waals surface area (Å²) in [6.07, 6.45) is 15.7. The van der Waals surface area contributed by atoms with Crippen molar-refractivity contribution in [2.45, 2.75) is 77.6 Å². The average molecular weight is 469 g/mol. The van der Waals surface area contributed by atoms with Gasteiger partial charge in [-0.3, -0.25) is 0 Å². The predicted octanol–water partition coefficient (Wildman–Crippen LogP) is 9.88. The molecule has 0 aliphatic heterocycles. The van der Waals surface area contributed by atoms with Gasteiger partial charge in [0.15, 0.2) is 0 Å². The van der Waals surface area contributed by atoms with Crippen molar-refractivity contribution in [3.8, 4) is 0 Å². The van der Waals surface area contributed by atoms with E-state index in [1.165, 1.54) is 62.5 Å². The summed E-state index contributed by atoms with van der Waals surface area (Å²) >= 11 is 0. The fourth-order valence-corrected chi connectivity index (χ4v) is 5.66. The molecule has 4 rings (SSSR count). The zero-order chi connectivity index (χ0) is 24.5. The van der Waals surface area contributed by atoms with Gasteiger partial charge in [0.05, 0.1) is 0 Å². The first-order chi connectivity index (χ1) is 17.1. The highest BCUT2D eigenvalue weighted by Crippen LogP contribution is 2.34. The van der Waals surface area contributed by atoms with Crippen molar-refractivity contribution in [2.75, 3.05) is 0 Å². The van der Waals surface area contributed by atoms with Crippen LogP contribution in [0, 0.1) is 17.7 Å². The summed E-state index contributed by atoms with van der Waals surface area (Å²) < 4.78 is 14.8. The first kappa shape index (κ1) is 25.4. The predicted molar refractivity (Wildman–Crippen MR) is 149 cm³/mol. The fraction of sp³-hybridized carbons (Fsp3) is 0.412. The Kier molecular flexibility index (Phi) is 9.35. The van der Waals surface area contributed by atoms with Gasteiger partial charge in [-0.2, -0.15) is 0 Å². The highest BCUT2D eigenvalue weighted by atomic mass is 19.1. The van der Waals surface area contributed by atoms with Gasteiger partial charge >= 0.3 is 0 Å². The summed E-state index contributed by atoms with van der Waals surface area (Å²) in [5.74, 6) is 2.11. The van der Waals surface area contributed by atoms with E-state index in [1.807, 2.05) is 24.3 Å². The second-order valence-corrected chi connectivity index (χ2v) is 10.7. The third-order valence-electron chi connectivity index (χ3n) is 7.91. The molecule has 1 saturated carbocycles. The lowest BCUT2D eigenvalue weighted by molar-refractivity contribution is 0.252. The standard InChI is InChI=1S/C34H41F/c1-3-7-27-10-12-28(13-11-27)14-15-29-16-18-30(19-17-29)20-22-33-23-21-31(25-34(33)35)24-26(2)32-8-5-4-6-9-32/h4-6,8-9,16-23,25-28H,3,7,10-15,24H2,1-2H3/t26-,27?,28?/m0/s1. The molecule has 1 heteroatoms. The molecule has 0 aromatic heterocycles. The van der Waals surface area contributed by atoms with Gasteiger partial charge in [-0.1, -0.05) is 131 Å². The van der Waals surface area contributed by atoms with Crippen molar-refractivity contribution in [2.24, 2.45) is 11.8 Å². The minimum atomic E-state index is -0.149. The van der Waals surface area contributed by atoms with Gasteiger partial charge in [0.25, 0.3) is 0 Å². The Bertz CT molecular complexity index is 1060. The highest BCUT2D eigenvalue weighted by Gasteiger charge is 2.20. The van der Waals surface area contributed by atoms with Gasteiger partial charge in [0.2, 0.25) is 0 Å². The Balaban J connectivity index is 1.27. The quantitative estimate of drug-likeness (QED) is 0.260. The van der Waals surface area contributed by atoms with E-state index in [4.69, 9.17) is 0 Å². The van der Waals surface area contributed by atoms with Gasteiger partial charge < -0.3 is 0 Å². The van der Waals surface area contributed by atoms with Crippen molar-refractivity contribution in [1.82, 2.24) is 0 Å². The first-order valence-electron chi connectivity index (χ1n) is 13.7. The van der Waals surface area contributed by atoms with Crippen LogP contribution in [0.2, 0.25) is 0 Å². The number of rotatable bonds is 10. The maximum Gasteiger partial charge on any atom is 0.130 e. The number of halogens is 1. The lowest BCUT2D eigenvalue weighted by Gasteiger charge is -2.28. The Morgan fingerprint density at radius 1 is 0.800 bits per heavy atom. The Morgan fingerprint density at radius 3 is 2.11 bits per heavy atom. The fourth-order valence-electron chi connectivity index (χ4n) is 5.66. The average Bonchev–Trinajstić information content (AvgIpc) is 2.89. The van der Waals surface area contributed by atoms with E-state index in [-0.39, 0.29) is 5.82 Å². The second kappa shape index (κ2) is 12.9. The van der Waals surface area contributed by atoms with E-state index in [9.17, 15) is 4.39 Å². The minimum absolute atomic E-state index is 0.149. The molecule has 0 amide bonds. The van der Waals surface area contributed by atoms with Crippen LogP contribution in [0.3, 0.4) is 0 Å². The lowest BCUT2D eigenvalue weighted by Crippen LogP contribution is -2.15.